The minimum Gasteiger partial charge on any atom is -0.444 e. The molecule has 3 rings (SSSR count). The van der Waals surface area contributed by atoms with E-state index in [0.717, 1.165) is 19.3 Å². The lowest BCUT2D eigenvalue weighted by molar-refractivity contribution is -0.121. The van der Waals surface area contributed by atoms with Crippen molar-refractivity contribution in [3.05, 3.63) is 58.0 Å². The van der Waals surface area contributed by atoms with E-state index in [9.17, 15) is 9.59 Å². The predicted octanol–water partition coefficient (Wildman–Crippen LogP) is 2.97. The van der Waals surface area contributed by atoms with Gasteiger partial charge in [0.05, 0.1) is 12.6 Å². The first kappa shape index (κ1) is 15.8. The highest BCUT2D eigenvalue weighted by atomic mass is 79.9. The van der Waals surface area contributed by atoms with Crippen molar-refractivity contribution in [3.8, 4) is 0 Å². The second kappa shape index (κ2) is 7.00. The number of furan rings is 1. The molecule has 0 saturated carbocycles. The highest BCUT2D eigenvalue weighted by Gasteiger charge is 2.21. The fourth-order valence-electron chi connectivity index (χ4n) is 2.83. The van der Waals surface area contributed by atoms with Gasteiger partial charge in [-0.1, -0.05) is 24.3 Å². The highest BCUT2D eigenvalue weighted by Crippen LogP contribution is 2.29. The Morgan fingerprint density at radius 1 is 1.22 bits per heavy atom. The molecule has 0 bridgehead atoms. The van der Waals surface area contributed by atoms with Gasteiger partial charge in [-0.3, -0.25) is 9.59 Å². The summed E-state index contributed by atoms with van der Waals surface area (Å²) < 4.78 is 5.62. The maximum Gasteiger partial charge on any atom is 0.287 e. The Bertz CT molecular complexity index is 726. The summed E-state index contributed by atoms with van der Waals surface area (Å²) in [5.41, 5.74) is 2.46. The molecule has 120 valence electrons. The molecule has 23 heavy (non-hydrogen) atoms. The molecule has 1 aliphatic carbocycles. The molecule has 1 aromatic heterocycles. The van der Waals surface area contributed by atoms with E-state index in [1.165, 1.54) is 11.1 Å². The van der Waals surface area contributed by atoms with Crippen LogP contribution in [0.2, 0.25) is 0 Å². The van der Waals surface area contributed by atoms with Crippen LogP contribution >= 0.6 is 15.9 Å². The zero-order valence-corrected chi connectivity index (χ0v) is 14.1. The molecule has 0 fully saturated rings. The van der Waals surface area contributed by atoms with Crippen LogP contribution in [0.4, 0.5) is 0 Å². The van der Waals surface area contributed by atoms with Gasteiger partial charge in [-0.15, -0.1) is 0 Å². The number of hydrogen-bond donors (Lipinski definition) is 2. The molecule has 1 atom stereocenters. The lowest BCUT2D eigenvalue weighted by Crippen LogP contribution is -2.39. The number of rotatable bonds is 4. The summed E-state index contributed by atoms with van der Waals surface area (Å²) in [5, 5.41) is 5.55. The molecule has 2 aromatic rings. The number of halogens is 1. The molecule has 1 aromatic carbocycles. The summed E-state index contributed by atoms with van der Waals surface area (Å²) in [7, 11) is 0. The molecule has 6 heteroatoms. The highest BCUT2D eigenvalue weighted by molar-refractivity contribution is 9.10. The van der Waals surface area contributed by atoms with Crippen LogP contribution in [0.3, 0.4) is 0 Å². The van der Waals surface area contributed by atoms with E-state index in [1.807, 2.05) is 12.1 Å². The Labute approximate surface area is 142 Å². The summed E-state index contributed by atoms with van der Waals surface area (Å²) in [6.07, 6.45) is 3.02. The molecule has 0 aliphatic heterocycles. The van der Waals surface area contributed by atoms with E-state index in [4.69, 9.17) is 4.42 Å². The molecule has 0 saturated heterocycles. The Kier molecular flexibility index (Phi) is 4.81. The van der Waals surface area contributed by atoms with Gasteiger partial charge in [0.2, 0.25) is 5.91 Å². The van der Waals surface area contributed by atoms with Crippen molar-refractivity contribution in [2.75, 3.05) is 6.54 Å². The van der Waals surface area contributed by atoms with E-state index >= 15 is 0 Å². The van der Waals surface area contributed by atoms with Crippen molar-refractivity contribution >= 4 is 27.7 Å². The van der Waals surface area contributed by atoms with Crippen LogP contribution in [-0.4, -0.2) is 18.4 Å². The maximum atomic E-state index is 12.1. The zero-order valence-electron chi connectivity index (χ0n) is 12.5. The van der Waals surface area contributed by atoms with Crippen molar-refractivity contribution in [2.24, 2.45) is 0 Å². The first-order chi connectivity index (χ1) is 11.1. The quantitative estimate of drug-likeness (QED) is 0.861. The third kappa shape index (κ3) is 3.82. The molecule has 0 unspecified atom stereocenters. The molecule has 5 nitrogen and oxygen atoms in total. The van der Waals surface area contributed by atoms with Gasteiger partial charge in [-0.2, -0.15) is 0 Å². The summed E-state index contributed by atoms with van der Waals surface area (Å²) in [4.78, 5) is 23.9. The normalized spacial score (nSPS) is 16.5. The molecule has 2 amide bonds. The van der Waals surface area contributed by atoms with Crippen LogP contribution in [-0.2, 0) is 11.2 Å². The number of fused-ring (bicyclic) bond motifs is 1. The fraction of sp³-hybridized carbons (Fsp3) is 0.294. The number of benzene rings is 1. The average molecular weight is 377 g/mol. The van der Waals surface area contributed by atoms with Crippen LogP contribution in [0.15, 0.2) is 45.5 Å². The van der Waals surface area contributed by atoms with Crippen LogP contribution in [0.5, 0.6) is 0 Å². The van der Waals surface area contributed by atoms with E-state index in [2.05, 4.69) is 38.7 Å². The lowest BCUT2D eigenvalue weighted by atomic mass is 9.88. The molecule has 2 N–H and O–H groups in total. The minimum atomic E-state index is -0.408. The van der Waals surface area contributed by atoms with Gasteiger partial charge in [0.1, 0.15) is 0 Å². The number of carbonyl (C=O) groups is 2. The van der Waals surface area contributed by atoms with Gasteiger partial charge < -0.3 is 15.1 Å². The third-order valence-corrected chi connectivity index (χ3v) is 4.34. The molecular formula is C17H17BrN2O3. The van der Waals surface area contributed by atoms with Gasteiger partial charge in [-0.05, 0) is 58.5 Å². The van der Waals surface area contributed by atoms with Gasteiger partial charge in [0, 0.05) is 0 Å². The summed E-state index contributed by atoms with van der Waals surface area (Å²) in [5.74, 6) is -0.437. The van der Waals surface area contributed by atoms with Gasteiger partial charge >= 0.3 is 0 Å². The zero-order chi connectivity index (χ0) is 16.2. The Balaban J connectivity index is 1.55. The molecule has 1 aliphatic rings. The number of carbonyl (C=O) groups excluding carboxylic acids is 2. The average Bonchev–Trinajstić information content (AvgIpc) is 2.99. The Morgan fingerprint density at radius 2 is 2.04 bits per heavy atom. The van der Waals surface area contributed by atoms with E-state index < -0.39 is 5.91 Å². The Morgan fingerprint density at radius 3 is 2.83 bits per heavy atom. The van der Waals surface area contributed by atoms with Crippen molar-refractivity contribution in [2.45, 2.75) is 25.3 Å². The largest absolute Gasteiger partial charge is 0.444 e. The van der Waals surface area contributed by atoms with Crippen LogP contribution < -0.4 is 10.6 Å². The minimum absolute atomic E-state index is 0.0158. The third-order valence-electron chi connectivity index (χ3n) is 3.91. The van der Waals surface area contributed by atoms with E-state index in [1.54, 1.807) is 12.1 Å². The fourth-order valence-corrected chi connectivity index (χ4v) is 3.14. The molecular weight excluding hydrogens is 360 g/mol. The van der Waals surface area contributed by atoms with Crippen LogP contribution in [0.1, 0.15) is 40.6 Å². The molecule has 0 radical (unpaired) electrons. The van der Waals surface area contributed by atoms with Gasteiger partial charge in [-0.25, -0.2) is 0 Å². The van der Waals surface area contributed by atoms with Gasteiger partial charge in [0.25, 0.3) is 5.91 Å². The Hall–Kier alpha value is -2.08. The summed E-state index contributed by atoms with van der Waals surface area (Å²) >= 11 is 3.14. The van der Waals surface area contributed by atoms with Crippen molar-refractivity contribution in [3.63, 3.8) is 0 Å². The molecule has 1 heterocycles. The first-order valence-corrected chi connectivity index (χ1v) is 8.33. The van der Waals surface area contributed by atoms with Crippen molar-refractivity contribution in [1.29, 1.82) is 0 Å². The van der Waals surface area contributed by atoms with E-state index in [-0.39, 0.29) is 24.3 Å². The maximum absolute atomic E-state index is 12.1. The SMILES string of the molecule is O=C(CNC(=O)c1ccc(Br)o1)N[C@H]1CCCc2ccccc21. The topological polar surface area (TPSA) is 71.3 Å². The van der Waals surface area contributed by atoms with Crippen LogP contribution in [0.25, 0.3) is 0 Å². The number of nitrogens with one attached hydrogen (secondary N) is 2. The number of amides is 2. The van der Waals surface area contributed by atoms with Crippen molar-refractivity contribution in [1.82, 2.24) is 10.6 Å². The second-order valence-corrected chi connectivity index (χ2v) is 6.28. The first-order valence-electron chi connectivity index (χ1n) is 7.54. The van der Waals surface area contributed by atoms with Crippen molar-refractivity contribution < 1.29 is 14.0 Å². The molecule has 0 spiro atoms. The smallest absolute Gasteiger partial charge is 0.287 e. The standard InChI is InChI=1S/C17H17BrN2O3/c18-15-9-8-14(23-15)17(22)19-10-16(21)20-13-7-3-5-11-4-1-2-6-12(11)13/h1-2,4,6,8-9,13H,3,5,7,10H2,(H,19,22)(H,20,21)/t13-/m0/s1. The number of aryl methyl sites for hydroxylation is 1. The summed E-state index contributed by atoms with van der Waals surface area (Å²) in [6, 6.07) is 11.4. The summed E-state index contributed by atoms with van der Waals surface area (Å²) in [6.45, 7) is -0.0736. The predicted molar refractivity (Wildman–Crippen MR) is 89.0 cm³/mol. The van der Waals surface area contributed by atoms with E-state index in [0.29, 0.717) is 4.67 Å². The van der Waals surface area contributed by atoms with Crippen LogP contribution in [0, 0.1) is 0 Å². The lowest BCUT2D eigenvalue weighted by Gasteiger charge is -2.26. The van der Waals surface area contributed by atoms with Gasteiger partial charge in [0.15, 0.2) is 10.4 Å². The number of hydrogen-bond acceptors (Lipinski definition) is 3. The second-order valence-electron chi connectivity index (χ2n) is 5.50. The monoisotopic (exact) mass is 376 g/mol.